The van der Waals surface area contributed by atoms with Gasteiger partial charge in [0.2, 0.25) is 0 Å². The van der Waals surface area contributed by atoms with Gasteiger partial charge < -0.3 is 10.2 Å². The summed E-state index contributed by atoms with van der Waals surface area (Å²) in [6.07, 6.45) is 6.52. The summed E-state index contributed by atoms with van der Waals surface area (Å²) in [7, 11) is 0. The third-order valence-electron chi connectivity index (χ3n) is 4.34. The van der Waals surface area contributed by atoms with Crippen LogP contribution in [0.4, 0.5) is 0 Å². The fourth-order valence-corrected chi connectivity index (χ4v) is 3.01. The first-order valence-electron chi connectivity index (χ1n) is 7.69. The highest BCUT2D eigenvalue weighted by molar-refractivity contribution is 5.95. The molecule has 1 N–H and O–H groups in total. The van der Waals surface area contributed by atoms with Gasteiger partial charge in [0.15, 0.2) is 0 Å². The van der Waals surface area contributed by atoms with Gasteiger partial charge >= 0.3 is 0 Å². The number of rotatable bonds is 4. The van der Waals surface area contributed by atoms with E-state index in [9.17, 15) is 4.79 Å². The summed E-state index contributed by atoms with van der Waals surface area (Å²) in [6, 6.07) is 4.22. The van der Waals surface area contributed by atoms with Crippen LogP contribution in [0.3, 0.4) is 0 Å². The van der Waals surface area contributed by atoms with Crippen LogP contribution >= 0.6 is 0 Å². The van der Waals surface area contributed by atoms with E-state index in [1.165, 1.54) is 12.8 Å². The molecule has 2 heterocycles. The van der Waals surface area contributed by atoms with Gasteiger partial charge in [-0.25, -0.2) is 0 Å². The monoisotopic (exact) mass is 273 g/mol. The quantitative estimate of drug-likeness (QED) is 0.912. The summed E-state index contributed by atoms with van der Waals surface area (Å²) in [6.45, 7) is 4.98. The Hall–Kier alpha value is -1.42. The first kappa shape index (κ1) is 13.6. The molecule has 3 rings (SSSR count). The van der Waals surface area contributed by atoms with E-state index in [-0.39, 0.29) is 5.91 Å². The SMILES string of the molecule is Cc1ncccc1C(=O)N(CC1CCCNC1)C1CC1. The van der Waals surface area contributed by atoms with Gasteiger partial charge in [-0.15, -0.1) is 0 Å². The number of hydrogen-bond donors (Lipinski definition) is 1. The Balaban J connectivity index is 1.73. The maximum absolute atomic E-state index is 12.8. The van der Waals surface area contributed by atoms with E-state index in [4.69, 9.17) is 0 Å². The highest BCUT2D eigenvalue weighted by atomic mass is 16.2. The number of carbonyl (C=O) groups is 1. The third kappa shape index (κ3) is 3.01. The van der Waals surface area contributed by atoms with Crippen LogP contribution in [0.2, 0.25) is 0 Å². The molecule has 0 spiro atoms. The summed E-state index contributed by atoms with van der Waals surface area (Å²) >= 11 is 0. The summed E-state index contributed by atoms with van der Waals surface area (Å²) < 4.78 is 0. The molecule has 1 saturated carbocycles. The Morgan fingerprint density at radius 2 is 2.30 bits per heavy atom. The third-order valence-corrected chi connectivity index (χ3v) is 4.34. The van der Waals surface area contributed by atoms with Gasteiger partial charge in [-0.3, -0.25) is 9.78 Å². The Morgan fingerprint density at radius 1 is 1.45 bits per heavy atom. The zero-order valence-corrected chi connectivity index (χ0v) is 12.1. The molecule has 108 valence electrons. The molecule has 1 aromatic heterocycles. The Morgan fingerprint density at radius 3 is 2.95 bits per heavy atom. The molecule has 0 radical (unpaired) electrons. The van der Waals surface area contributed by atoms with E-state index < -0.39 is 0 Å². The lowest BCUT2D eigenvalue weighted by Crippen LogP contribution is -2.42. The van der Waals surface area contributed by atoms with Crippen molar-refractivity contribution in [3.05, 3.63) is 29.6 Å². The van der Waals surface area contributed by atoms with E-state index in [2.05, 4.69) is 15.2 Å². The van der Waals surface area contributed by atoms with E-state index in [0.717, 1.165) is 43.7 Å². The second-order valence-electron chi connectivity index (χ2n) is 6.04. The van der Waals surface area contributed by atoms with Crippen molar-refractivity contribution in [3.63, 3.8) is 0 Å². The molecular weight excluding hydrogens is 250 g/mol. The van der Waals surface area contributed by atoms with Gasteiger partial charge in [-0.05, 0) is 63.7 Å². The summed E-state index contributed by atoms with van der Waals surface area (Å²) in [4.78, 5) is 19.1. The van der Waals surface area contributed by atoms with Crippen molar-refractivity contribution in [3.8, 4) is 0 Å². The highest BCUT2D eigenvalue weighted by Gasteiger charge is 2.35. The van der Waals surface area contributed by atoms with Gasteiger partial charge in [0.25, 0.3) is 5.91 Å². The first-order valence-corrected chi connectivity index (χ1v) is 7.69. The Kier molecular flexibility index (Phi) is 4.01. The zero-order chi connectivity index (χ0) is 13.9. The molecule has 4 nitrogen and oxygen atoms in total. The van der Waals surface area contributed by atoms with E-state index in [0.29, 0.717) is 12.0 Å². The highest BCUT2D eigenvalue weighted by Crippen LogP contribution is 2.30. The number of pyridine rings is 1. The van der Waals surface area contributed by atoms with Crippen LogP contribution in [0.5, 0.6) is 0 Å². The van der Waals surface area contributed by atoms with E-state index >= 15 is 0 Å². The largest absolute Gasteiger partial charge is 0.335 e. The maximum Gasteiger partial charge on any atom is 0.255 e. The number of piperidine rings is 1. The van der Waals surface area contributed by atoms with Crippen molar-refractivity contribution in [1.82, 2.24) is 15.2 Å². The molecule has 2 aliphatic rings. The van der Waals surface area contributed by atoms with Crippen LogP contribution in [-0.4, -0.2) is 41.5 Å². The molecule has 20 heavy (non-hydrogen) atoms. The van der Waals surface area contributed by atoms with Gasteiger partial charge in [0.1, 0.15) is 0 Å². The molecule has 0 aromatic carbocycles. The number of nitrogens with zero attached hydrogens (tertiary/aromatic N) is 2. The molecule has 1 amide bonds. The average molecular weight is 273 g/mol. The van der Waals surface area contributed by atoms with Crippen LogP contribution in [0.1, 0.15) is 41.7 Å². The van der Waals surface area contributed by atoms with Crippen molar-refractivity contribution in [1.29, 1.82) is 0 Å². The molecule has 1 saturated heterocycles. The van der Waals surface area contributed by atoms with Gasteiger partial charge in [-0.2, -0.15) is 0 Å². The molecule has 0 bridgehead atoms. The van der Waals surface area contributed by atoms with Gasteiger partial charge in [0, 0.05) is 24.5 Å². The predicted octanol–water partition coefficient (Wildman–Crippen LogP) is 1.99. The predicted molar refractivity (Wildman–Crippen MR) is 78.6 cm³/mol. The fraction of sp³-hybridized carbons (Fsp3) is 0.625. The summed E-state index contributed by atoms with van der Waals surface area (Å²) in [5.41, 5.74) is 1.60. The second-order valence-corrected chi connectivity index (χ2v) is 6.04. The van der Waals surface area contributed by atoms with Crippen LogP contribution in [0.15, 0.2) is 18.3 Å². The minimum Gasteiger partial charge on any atom is -0.335 e. The smallest absolute Gasteiger partial charge is 0.255 e. The number of aromatic nitrogens is 1. The molecule has 2 fully saturated rings. The summed E-state index contributed by atoms with van der Waals surface area (Å²) in [5, 5.41) is 3.44. The molecule has 1 aromatic rings. The first-order chi connectivity index (χ1) is 9.75. The van der Waals surface area contributed by atoms with Crippen molar-refractivity contribution < 1.29 is 4.79 Å². The lowest BCUT2D eigenvalue weighted by atomic mass is 9.98. The van der Waals surface area contributed by atoms with Crippen LogP contribution in [0, 0.1) is 12.8 Å². The van der Waals surface area contributed by atoms with Gasteiger partial charge in [0.05, 0.1) is 5.56 Å². The van der Waals surface area contributed by atoms with E-state index in [1.54, 1.807) is 6.20 Å². The lowest BCUT2D eigenvalue weighted by Gasteiger charge is -2.30. The van der Waals surface area contributed by atoms with Crippen LogP contribution in [-0.2, 0) is 0 Å². The molecule has 1 aliphatic heterocycles. The number of nitrogens with one attached hydrogen (secondary N) is 1. The number of aryl methyl sites for hydroxylation is 1. The van der Waals surface area contributed by atoms with Crippen LogP contribution < -0.4 is 5.32 Å². The van der Waals surface area contributed by atoms with Crippen LogP contribution in [0.25, 0.3) is 0 Å². The minimum atomic E-state index is 0.170. The lowest BCUT2D eigenvalue weighted by molar-refractivity contribution is 0.0703. The fourth-order valence-electron chi connectivity index (χ4n) is 3.01. The Bertz CT molecular complexity index is 478. The van der Waals surface area contributed by atoms with E-state index in [1.807, 2.05) is 19.1 Å². The number of hydrogen-bond acceptors (Lipinski definition) is 3. The molecule has 1 unspecified atom stereocenters. The van der Waals surface area contributed by atoms with Crippen molar-refractivity contribution in [2.24, 2.45) is 5.92 Å². The molecule has 4 heteroatoms. The number of amides is 1. The topological polar surface area (TPSA) is 45.2 Å². The molecule has 1 atom stereocenters. The second kappa shape index (κ2) is 5.92. The standard InChI is InChI=1S/C16H23N3O/c1-12-15(5-3-9-18-12)16(20)19(14-6-7-14)11-13-4-2-8-17-10-13/h3,5,9,13-14,17H,2,4,6-8,10-11H2,1H3. The minimum absolute atomic E-state index is 0.170. The van der Waals surface area contributed by atoms with Gasteiger partial charge in [-0.1, -0.05) is 0 Å². The number of carbonyl (C=O) groups excluding carboxylic acids is 1. The molecule has 1 aliphatic carbocycles. The normalized spacial score (nSPS) is 22.6. The van der Waals surface area contributed by atoms with Crippen molar-refractivity contribution >= 4 is 5.91 Å². The zero-order valence-electron chi connectivity index (χ0n) is 12.1. The van der Waals surface area contributed by atoms with Crippen molar-refractivity contribution in [2.45, 2.75) is 38.6 Å². The Labute approximate surface area is 120 Å². The van der Waals surface area contributed by atoms with Crippen molar-refractivity contribution in [2.75, 3.05) is 19.6 Å². The molecular formula is C16H23N3O. The maximum atomic E-state index is 12.8. The average Bonchev–Trinajstić information content (AvgIpc) is 3.30. The summed E-state index contributed by atoms with van der Waals surface area (Å²) in [5.74, 6) is 0.772.